The molecule has 4 nitrogen and oxygen atoms in total. The van der Waals surface area contributed by atoms with E-state index in [0.29, 0.717) is 11.1 Å². The van der Waals surface area contributed by atoms with Crippen molar-refractivity contribution < 1.29 is 16.5 Å². The SMILES string of the molecule is N#Cc1cccnc1.N#Cc1cccnc1.[Cl][Pt][Cl]. The monoisotopic (exact) mass is 473 g/mol. The van der Waals surface area contributed by atoms with Crippen LogP contribution in [0.1, 0.15) is 11.1 Å². The molecule has 0 aliphatic rings. The van der Waals surface area contributed by atoms with Gasteiger partial charge in [0.2, 0.25) is 0 Å². The number of aromatic nitrogens is 2. The summed E-state index contributed by atoms with van der Waals surface area (Å²) in [6, 6.07) is 10.8. The van der Waals surface area contributed by atoms with Crippen LogP contribution in [0.5, 0.6) is 0 Å². The van der Waals surface area contributed by atoms with E-state index in [4.69, 9.17) is 29.4 Å². The van der Waals surface area contributed by atoms with E-state index in [-0.39, 0.29) is 0 Å². The van der Waals surface area contributed by atoms with Crippen molar-refractivity contribution >= 4 is 18.8 Å². The van der Waals surface area contributed by atoms with Crippen LogP contribution in [0.15, 0.2) is 49.1 Å². The molecule has 0 bridgehead atoms. The number of hydrogen-bond acceptors (Lipinski definition) is 4. The van der Waals surface area contributed by atoms with E-state index in [9.17, 15) is 0 Å². The van der Waals surface area contributed by atoms with Crippen molar-refractivity contribution in [1.29, 1.82) is 10.5 Å². The molecule has 0 saturated carbocycles. The van der Waals surface area contributed by atoms with Crippen LogP contribution in [0.4, 0.5) is 0 Å². The molecule has 0 aromatic carbocycles. The van der Waals surface area contributed by atoms with E-state index in [1.165, 1.54) is 12.4 Å². The molecule has 0 aliphatic carbocycles. The van der Waals surface area contributed by atoms with Crippen molar-refractivity contribution in [2.24, 2.45) is 0 Å². The number of rotatable bonds is 0. The Morgan fingerprint density at radius 3 is 1.42 bits per heavy atom. The van der Waals surface area contributed by atoms with Crippen LogP contribution in [-0.4, -0.2) is 9.97 Å². The molecule has 19 heavy (non-hydrogen) atoms. The molecule has 0 unspecified atom stereocenters. The van der Waals surface area contributed by atoms with Gasteiger partial charge in [-0.2, -0.15) is 10.5 Å². The van der Waals surface area contributed by atoms with Crippen LogP contribution in [0.3, 0.4) is 0 Å². The van der Waals surface area contributed by atoms with Gasteiger partial charge in [-0.25, -0.2) is 0 Å². The summed E-state index contributed by atoms with van der Waals surface area (Å²) in [5.74, 6) is 0. The zero-order valence-electron chi connectivity index (χ0n) is 9.48. The molecule has 0 fully saturated rings. The maximum absolute atomic E-state index is 8.25. The molecular weight excluding hydrogens is 466 g/mol. The minimum absolute atomic E-state index is 0.472. The number of hydrogen-bond donors (Lipinski definition) is 0. The third-order valence-electron chi connectivity index (χ3n) is 1.58. The predicted molar refractivity (Wildman–Crippen MR) is 69.6 cm³/mol. The molecule has 2 heterocycles. The first kappa shape index (κ1) is 17.5. The average Bonchev–Trinajstić information content (AvgIpc) is 2.50. The van der Waals surface area contributed by atoms with Gasteiger partial charge in [0.1, 0.15) is 12.1 Å². The van der Waals surface area contributed by atoms with Crippen molar-refractivity contribution in [3.05, 3.63) is 60.2 Å². The molecule has 100 valence electrons. The molecule has 0 aliphatic heterocycles. The fourth-order valence-corrected chi connectivity index (χ4v) is 0.858. The average molecular weight is 474 g/mol. The van der Waals surface area contributed by atoms with Gasteiger partial charge >= 0.3 is 35.3 Å². The number of pyridine rings is 2. The first-order chi connectivity index (χ1) is 9.28. The van der Waals surface area contributed by atoms with Crippen LogP contribution in [0, 0.1) is 22.7 Å². The third-order valence-corrected chi connectivity index (χ3v) is 1.58. The van der Waals surface area contributed by atoms with E-state index >= 15 is 0 Å². The molecule has 0 amide bonds. The summed E-state index contributed by atoms with van der Waals surface area (Å²) in [4.78, 5) is 7.47. The van der Waals surface area contributed by atoms with Crippen LogP contribution in [-0.2, 0) is 16.5 Å². The zero-order valence-corrected chi connectivity index (χ0v) is 13.3. The summed E-state index contributed by atoms with van der Waals surface area (Å²) in [5, 5.41) is 16.5. The van der Waals surface area contributed by atoms with Crippen molar-refractivity contribution in [3.8, 4) is 12.1 Å². The van der Waals surface area contributed by atoms with Gasteiger partial charge < -0.3 is 0 Å². The Morgan fingerprint density at radius 2 is 1.26 bits per heavy atom. The number of nitriles is 2. The first-order valence-corrected chi connectivity index (χ1v) is 10.3. The Balaban J connectivity index is 0.000000284. The van der Waals surface area contributed by atoms with Crippen molar-refractivity contribution in [3.63, 3.8) is 0 Å². The van der Waals surface area contributed by atoms with E-state index in [1.807, 2.05) is 12.1 Å². The van der Waals surface area contributed by atoms with Crippen molar-refractivity contribution in [2.75, 3.05) is 0 Å². The van der Waals surface area contributed by atoms with Crippen LogP contribution >= 0.6 is 18.8 Å². The Hall–Kier alpha value is -1.45. The van der Waals surface area contributed by atoms with E-state index in [0.717, 1.165) is 0 Å². The maximum atomic E-state index is 8.25. The Labute approximate surface area is 128 Å². The van der Waals surface area contributed by atoms with Gasteiger partial charge in [0.25, 0.3) is 0 Å². The molecule has 0 saturated heterocycles. The normalized spacial score (nSPS) is 7.79. The number of nitrogens with zero attached hydrogens (tertiary/aromatic N) is 4. The molecule has 0 spiro atoms. The van der Waals surface area contributed by atoms with Crippen molar-refractivity contribution in [1.82, 2.24) is 9.97 Å². The molecule has 0 N–H and O–H groups in total. The fraction of sp³-hybridized carbons (Fsp3) is 0. The second-order valence-electron chi connectivity index (χ2n) is 2.75. The summed E-state index contributed by atoms with van der Waals surface area (Å²) in [7, 11) is 9.75. The molecular formula is C12H8Cl2N4Pt. The van der Waals surface area contributed by atoms with Gasteiger partial charge in [-0.1, -0.05) is 0 Å². The second-order valence-corrected chi connectivity index (χ2v) is 6.03. The number of halogens is 2. The van der Waals surface area contributed by atoms with Crippen LogP contribution in [0.2, 0.25) is 0 Å². The fourth-order valence-electron chi connectivity index (χ4n) is 0.858. The second kappa shape index (κ2) is 13.0. The van der Waals surface area contributed by atoms with Gasteiger partial charge in [0.05, 0.1) is 11.1 Å². The molecule has 2 aromatic heterocycles. The molecule has 2 rings (SSSR count). The van der Waals surface area contributed by atoms with Gasteiger partial charge in [0.15, 0.2) is 0 Å². The molecule has 7 heteroatoms. The minimum atomic E-state index is -0.472. The standard InChI is InChI=1S/2C6H4N2.2ClH.Pt/c2*7-4-6-2-1-3-8-5-6;;;/h2*1-3,5H;2*1H;/q;;;;+2/p-2. The quantitative estimate of drug-likeness (QED) is 0.588. The first-order valence-electron chi connectivity index (χ1n) is 4.71. The summed E-state index contributed by atoms with van der Waals surface area (Å²) in [6.45, 7) is 0. The zero-order chi connectivity index (χ0) is 14.3. The van der Waals surface area contributed by atoms with E-state index in [2.05, 4.69) is 9.97 Å². The van der Waals surface area contributed by atoms with Gasteiger partial charge in [0, 0.05) is 24.8 Å². The topological polar surface area (TPSA) is 73.4 Å². The molecule has 2 aromatic rings. The molecule has 0 atom stereocenters. The summed E-state index contributed by atoms with van der Waals surface area (Å²) >= 11 is -0.472. The van der Waals surface area contributed by atoms with Gasteiger partial charge in [-0.15, -0.1) is 0 Å². The van der Waals surface area contributed by atoms with E-state index in [1.54, 1.807) is 36.7 Å². The summed E-state index contributed by atoms with van der Waals surface area (Å²) in [5.41, 5.74) is 1.21. The van der Waals surface area contributed by atoms with E-state index < -0.39 is 16.5 Å². The van der Waals surface area contributed by atoms with Crippen molar-refractivity contribution in [2.45, 2.75) is 0 Å². The van der Waals surface area contributed by atoms with Crippen LogP contribution < -0.4 is 0 Å². The molecule has 0 radical (unpaired) electrons. The Bertz CT molecular complexity index is 473. The van der Waals surface area contributed by atoms with Gasteiger partial charge in [-0.3, -0.25) is 9.97 Å². The predicted octanol–water partition coefficient (Wildman–Crippen LogP) is 3.28. The third kappa shape index (κ3) is 10.2. The summed E-state index contributed by atoms with van der Waals surface area (Å²) < 4.78 is 0. The van der Waals surface area contributed by atoms with Gasteiger partial charge in [-0.05, 0) is 24.3 Å². The Kier molecular flexibility index (Phi) is 12.0. The summed E-state index contributed by atoms with van der Waals surface area (Å²) in [6.07, 6.45) is 6.34. The van der Waals surface area contributed by atoms with Crippen LogP contribution in [0.25, 0.3) is 0 Å². The Morgan fingerprint density at radius 1 is 0.895 bits per heavy atom.